The van der Waals surface area contributed by atoms with Gasteiger partial charge in [0.1, 0.15) is 0 Å². The molecule has 0 aliphatic heterocycles. The normalized spacial score (nSPS) is 12.0. The van der Waals surface area contributed by atoms with Crippen molar-refractivity contribution in [2.45, 2.75) is 18.8 Å². The number of hydrogen-bond acceptors (Lipinski definition) is 2. The molecule has 0 unspecified atom stereocenters. The lowest BCUT2D eigenvalue weighted by molar-refractivity contribution is -0.325. The fraction of sp³-hybridized carbons (Fsp3) is 0.571. The molecule has 1 rings (SSSR count). The first-order chi connectivity index (χ1) is 6.51. The van der Waals surface area contributed by atoms with Gasteiger partial charge in [-0.25, -0.2) is 4.98 Å². The van der Waals surface area contributed by atoms with Crippen molar-refractivity contribution in [3.8, 4) is 0 Å². The van der Waals surface area contributed by atoms with Crippen LogP contribution in [0.3, 0.4) is 0 Å². The molecule has 0 saturated carbocycles. The smallest absolute Gasteiger partial charge is 0.335 e. The van der Waals surface area contributed by atoms with Gasteiger partial charge in [0.15, 0.2) is 0 Å². The minimum Gasteiger partial charge on any atom is -0.335 e. The molecule has 0 N–H and O–H groups in total. The lowest BCUT2D eigenvalue weighted by atomic mass is 10.5. The first kappa shape index (κ1) is 11.3. The van der Waals surface area contributed by atoms with Crippen LogP contribution in [-0.2, 0) is 17.2 Å². The van der Waals surface area contributed by atoms with Gasteiger partial charge in [-0.15, -0.1) is 24.8 Å². The maximum absolute atomic E-state index is 11.6. The van der Waals surface area contributed by atoms with Crippen LogP contribution < -0.4 is 0 Å². The maximum atomic E-state index is 11.6. The predicted octanol–water partition coefficient (Wildman–Crippen LogP) is 2.16. The summed E-state index contributed by atoms with van der Waals surface area (Å²) in [5.41, 5.74) is 0.624. The second kappa shape index (κ2) is 4.65. The SMILES string of the molecule is FC(F)(F)OCCn1cnc(CCl)c1. The van der Waals surface area contributed by atoms with E-state index in [1.54, 1.807) is 6.20 Å². The van der Waals surface area contributed by atoms with Crippen LogP contribution in [0.1, 0.15) is 5.69 Å². The van der Waals surface area contributed by atoms with Crippen molar-refractivity contribution in [3.63, 3.8) is 0 Å². The third-order valence-corrected chi connectivity index (χ3v) is 1.71. The van der Waals surface area contributed by atoms with Crippen molar-refractivity contribution in [2.24, 2.45) is 0 Å². The van der Waals surface area contributed by atoms with Gasteiger partial charge in [-0.1, -0.05) is 0 Å². The van der Waals surface area contributed by atoms with E-state index in [2.05, 4.69) is 9.72 Å². The lowest BCUT2D eigenvalue weighted by Crippen LogP contribution is -2.16. The summed E-state index contributed by atoms with van der Waals surface area (Å²) in [4.78, 5) is 3.84. The molecule has 0 atom stereocenters. The number of imidazole rings is 1. The highest BCUT2D eigenvalue weighted by molar-refractivity contribution is 6.16. The molecular weight excluding hydrogens is 221 g/mol. The Morgan fingerprint density at radius 2 is 2.21 bits per heavy atom. The van der Waals surface area contributed by atoms with E-state index >= 15 is 0 Å². The molecule has 0 fully saturated rings. The number of halogens is 4. The van der Waals surface area contributed by atoms with Crippen molar-refractivity contribution in [3.05, 3.63) is 18.2 Å². The average Bonchev–Trinajstić information content (AvgIpc) is 2.50. The summed E-state index contributed by atoms with van der Waals surface area (Å²) in [6.45, 7) is -0.328. The van der Waals surface area contributed by atoms with Crippen LogP contribution in [0, 0.1) is 0 Å². The molecule has 1 aromatic rings. The first-order valence-corrected chi connectivity index (χ1v) is 4.32. The van der Waals surface area contributed by atoms with Crippen molar-refractivity contribution in [2.75, 3.05) is 6.61 Å². The van der Waals surface area contributed by atoms with Crippen LogP contribution in [0.25, 0.3) is 0 Å². The Morgan fingerprint density at radius 3 is 2.71 bits per heavy atom. The third kappa shape index (κ3) is 3.97. The Labute approximate surface area is 83.4 Å². The molecule has 3 nitrogen and oxygen atoms in total. The quantitative estimate of drug-likeness (QED) is 0.739. The minimum absolute atomic E-state index is 0.101. The second-order valence-electron chi connectivity index (χ2n) is 2.53. The highest BCUT2D eigenvalue weighted by Crippen LogP contribution is 2.15. The summed E-state index contributed by atoms with van der Waals surface area (Å²) in [5.74, 6) is 0.243. The summed E-state index contributed by atoms with van der Waals surface area (Å²) in [5, 5.41) is 0. The first-order valence-electron chi connectivity index (χ1n) is 3.78. The van der Waals surface area contributed by atoms with Crippen LogP contribution in [0.15, 0.2) is 12.5 Å². The molecular formula is C7H8ClF3N2O. The van der Waals surface area contributed by atoms with Crippen LogP contribution in [0.2, 0.25) is 0 Å². The van der Waals surface area contributed by atoms with Crippen LogP contribution in [0.4, 0.5) is 13.2 Å². The van der Waals surface area contributed by atoms with E-state index in [9.17, 15) is 13.2 Å². The van der Waals surface area contributed by atoms with Gasteiger partial charge >= 0.3 is 6.36 Å². The van der Waals surface area contributed by atoms with Crippen LogP contribution in [0.5, 0.6) is 0 Å². The van der Waals surface area contributed by atoms with E-state index in [-0.39, 0.29) is 12.4 Å². The highest BCUT2D eigenvalue weighted by atomic mass is 35.5. The Kier molecular flexibility index (Phi) is 3.77. The zero-order valence-electron chi connectivity index (χ0n) is 7.09. The molecule has 80 valence electrons. The average molecular weight is 229 g/mol. The van der Waals surface area contributed by atoms with Gasteiger partial charge < -0.3 is 4.57 Å². The lowest BCUT2D eigenvalue weighted by Gasteiger charge is -2.06. The molecule has 14 heavy (non-hydrogen) atoms. The summed E-state index contributed by atoms with van der Waals surface area (Å²) in [7, 11) is 0. The van der Waals surface area contributed by atoms with Gasteiger partial charge in [-0.05, 0) is 0 Å². The monoisotopic (exact) mass is 228 g/mol. The predicted molar refractivity (Wildman–Crippen MR) is 43.8 cm³/mol. The minimum atomic E-state index is -4.57. The maximum Gasteiger partial charge on any atom is 0.522 e. The summed E-state index contributed by atoms with van der Waals surface area (Å²) < 4.78 is 39.8. The van der Waals surface area contributed by atoms with Crippen molar-refractivity contribution >= 4 is 11.6 Å². The van der Waals surface area contributed by atoms with E-state index in [0.29, 0.717) is 5.69 Å². The van der Waals surface area contributed by atoms with Gasteiger partial charge in [0, 0.05) is 12.7 Å². The fourth-order valence-corrected chi connectivity index (χ4v) is 1.00. The summed E-state index contributed by atoms with van der Waals surface area (Å²) in [6, 6.07) is 0. The second-order valence-corrected chi connectivity index (χ2v) is 2.80. The zero-order chi connectivity index (χ0) is 10.6. The largest absolute Gasteiger partial charge is 0.522 e. The van der Waals surface area contributed by atoms with Gasteiger partial charge in [0.05, 0.1) is 24.5 Å². The van der Waals surface area contributed by atoms with Crippen molar-refractivity contribution < 1.29 is 17.9 Å². The molecule has 1 aromatic heterocycles. The third-order valence-electron chi connectivity index (χ3n) is 1.44. The standard InChI is InChI=1S/C7H8ClF3N2O/c8-3-6-4-13(5-12-6)1-2-14-7(9,10)11/h4-5H,1-3H2. The van der Waals surface area contributed by atoms with E-state index in [0.717, 1.165) is 0 Å². The van der Waals surface area contributed by atoms with E-state index in [1.807, 2.05) is 0 Å². The van der Waals surface area contributed by atoms with Crippen molar-refractivity contribution in [1.29, 1.82) is 0 Å². The van der Waals surface area contributed by atoms with Crippen LogP contribution >= 0.6 is 11.6 Å². The molecule has 0 radical (unpaired) electrons. The number of alkyl halides is 4. The fourth-order valence-electron chi connectivity index (χ4n) is 0.864. The summed E-state index contributed by atoms with van der Waals surface area (Å²) >= 11 is 5.46. The Hall–Kier alpha value is -0.750. The van der Waals surface area contributed by atoms with E-state index in [1.165, 1.54) is 10.9 Å². The number of aromatic nitrogens is 2. The molecule has 0 aliphatic carbocycles. The highest BCUT2D eigenvalue weighted by Gasteiger charge is 2.28. The zero-order valence-corrected chi connectivity index (χ0v) is 7.85. The van der Waals surface area contributed by atoms with Gasteiger partial charge in [-0.3, -0.25) is 4.74 Å². The van der Waals surface area contributed by atoms with Gasteiger partial charge in [-0.2, -0.15) is 0 Å². The molecule has 0 spiro atoms. The molecule has 1 heterocycles. The molecule has 0 saturated heterocycles. The number of hydrogen-bond donors (Lipinski definition) is 0. The Morgan fingerprint density at radius 1 is 1.50 bits per heavy atom. The molecule has 7 heteroatoms. The van der Waals surface area contributed by atoms with E-state index in [4.69, 9.17) is 11.6 Å². The van der Waals surface area contributed by atoms with Crippen LogP contribution in [-0.4, -0.2) is 22.5 Å². The summed E-state index contributed by atoms with van der Waals surface area (Å²) in [6.07, 6.45) is -1.58. The Bertz CT molecular complexity index is 287. The van der Waals surface area contributed by atoms with Gasteiger partial charge in [0.2, 0.25) is 0 Å². The molecule has 0 bridgehead atoms. The topological polar surface area (TPSA) is 27.1 Å². The molecule has 0 aliphatic rings. The number of nitrogens with zero attached hydrogens (tertiary/aromatic N) is 2. The number of ether oxygens (including phenoxy) is 1. The van der Waals surface area contributed by atoms with E-state index < -0.39 is 13.0 Å². The molecule has 0 amide bonds. The number of rotatable bonds is 4. The molecule has 0 aromatic carbocycles. The Balaban J connectivity index is 2.31. The van der Waals surface area contributed by atoms with Gasteiger partial charge in [0.25, 0.3) is 0 Å². The van der Waals surface area contributed by atoms with Crippen molar-refractivity contribution in [1.82, 2.24) is 9.55 Å².